The number of nitriles is 2. The van der Waals surface area contributed by atoms with Gasteiger partial charge in [-0.2, -0.15) is 10.5 Å². The number of rotatable bonds is 4. The van der Waals surface area contributed by atoms with E-state index in [1.54, 1.807) is 24.3 Å². The minimum atomic E-state index is -3.76. The maximum atomic E-state index is 11.8. The lowest BCUT2D eigenvalue weighted by Crippen LogP contribution is -2.36. The molecule has 0 saturated heterocycles. The van der Waals surface area contributed by atoms with E-state index >= 15 is 0 Å². The van der Waals surface area contributed by atoms with Gasteiger partial charge >= 0.3 is 0 Å². The van der Waals surface area contributed by atoms with Crippen LogP contribution < -0.4 is 10.3 Å². The maximum absolute atomic E-state index is 11.8. The highest BCUT2D eigenvalue weighted by atomic mass is 32.2. The fourth-order valence-corrected chi connectivity index (χ4v) is 1.92. The molecule has 0 radical (unpaired) electrons. The maximum Gasteiger partial charge on any atom is 0.257 e. The molecule has 0 aliphatic rings. The predicted molar refractivity (Wildman–Crippen MR) is 63.9 cm³/mol. The smallest absolute Gasteiger partial charge is 0.257 e. The molecule has 0 spiro atoms. The molecule has 0 atom stereocenters. The summed E-state index contributed by atoms with van der Waals surface area (Å²) < 4.78 is 23.5. The number of benzene rings is 1. The molecule has 7 heteroatoms. The molecule has 0 unspecified atom stereocenters. The van der Waals surface area contributed by atoms with Crippen molar-refractivity contribution in [2.45, 2.75) is 11.8 Å². The lowest BCUT2D eigenvalue weighted by Gasteiger charge is -2.07. The van der Waals surface area contributed by atoms with E-state index in [0.29, 0.717) is 0 Å². The molecule has 92 valence electrons. The first-order chi connectivity index (χ1) is 8.49. The van der Waals surface area contributed by atoms with Gasteiger partial charge in [-0.25, -0.2) is 8.42 Å². The van der Waals surface area contributed by atoms with Gasteiger partial charge < -0.3 is 0 Å². The molecular formula is C11H10N4O2S. The van der Waals surface area contributed by atoms with E-state index in [-0.39, 0.29) is 10.6 Å². The summed E-state index contributed by atoms with van der Waals surface area (Å²) in [5, 5.41) is 16.9. The largest absolute Gasteiger partial charge is 0.298 e. The summed E-state index contributed by atoms with van der Waals surface area (Å²) in [6.07, 6.45) is 0.900. The molecule has 0 aliphatic heterocycles. The van der Waals surface area contributed by atoms with Crippen LogP contribution in [0.5, 0.6) is 0 Å². The first-order valence-corrected chi connectivity index (χ1v) is 6.32. The van der Waals surface area contributed by atoms with Crippen LogP contribution >= 0.6 is 0 Å². The van der Waals surface area contributed by atoms with Crippen molar-refractivity contribution in [2.24, 2.45) is 0 Å². The highest BCUT2D eigenvalue weighted by Crippen LogP contribution is 2.09. The van der Waals surface area contributed by atoms with Crippen LogP contribution in [0.4, 0.5) is 0 Å². The molecule has 0 aliphatic carbocycles. The Bertz CT molecular complexity index is 633. The number of hydrazine groups is 1. The van der Waals surface area contributed by atoms with Crippen molar-refractivity contribution in [1.29, 1.82) is 10.5 Å². The summed E-state index contributed by atoms with van der Waals surface area (Å²) in [4.78, 5) is 2.08. The zero-order valence-electron chi connectivity index (χ0n) is 9.51. The Hall–Kier alpha value is -2.35. The highest BCUT2D eigenvalue weighted by Gasteiger charge is 2.13. The Kier molecular flexibility index (Phi) is 4.44. The fourth-order valence-electron chi connectivity index (χ4n) is 1.06. The van der Waals surface area contributed by atoms with E-state index in [9.17, 15) is 8.42 Å². The molecule has 0 heterocycles. The van der Waals surface area contributed by atoms with Crippen molar-refractivity contribution in [3.63, 3.8) is 0 Å². The van der Waals surface area contributed by atoms with E-state index < -0.39 is 10.0 Å². The molecular weight excluding hydrogens is 252 g/mol. The van der Waals surface area contributed by atoms with Crippen molar-refractivity contribution in [2.75, 3.05) is 0 Å². The average molecular weight is 262 g/mol. The molecule has 6 nitrogen and oxygen atoms in total. The van der Waals surface area contributed by atoms with Crippen LogP contribution in [-0.2, 0) is 10.0 Å². The summed E-state index contributed by atoms with van der Waals surface area (Å²) >= 11 is 0. The van der Waals surface area contributed by atoms with E-state index in [1.165, 1.54) is 12.1 Å². The van der Waals surface area contributed by atoms with Crippen LogP contribution in [-0.4, -0.2) is 8.42 Å². The van der Waals surface area contributed by atoms with Crippen LogP contribution in [0.25, 0.3) is 0 Å². The number of hydrogen-bond donors (Lipinski definition) is 2. The van der Waals surface area contributed by atoms with E-state index in [4.69, 9.17) is 10.5 Å². The molecule has 2 N–H and O–H groups in total. The summed E-state index contributed by atoms with van der Waals surface area (Å²) in [5.41, 5.74) is 2.91. The number of nitrogens with zero attached hydrogens (tertiary/aromatic N) is 2. The van der Waals surface area contributed by atoms with Crippen LogP contribution in [0.1, 0.15) is 5.56 Å². The summed E-state index contributed by atoms with van der Waals surface area (Å²) in [5.74, 6) is 0. The zero-order chi connectivity index (χ0) is 13.6. The van der Waals surface area contributed by atoms with Gasteiger partial charge in [-0.3, -0.25) is 5.43 Å². The molecule has 1 aromatic rings. The van der Waals surface area contributed by atoms with Crippen molar-refractivity contribution in [3.05, 3.63) is 41.6 Å². The van der Waals surface area contributed by atoms with Crippen LogP contribution in [0, 0.1) is 29.6 Å². The minimum absolute atomic E-state index is 0.0647. The molecule has 18 heavy (non-hydrogen) atoms. The van der Waals surface area contributed by atoms with Crippen LogP contribution in [0.2, 0.25) is 0 Å². The first-order valence-electron chi connectivity index (χ1n) is 4.84. The monoisotopic (exact) mass is 262 g/mol. The van der Waals surface area contributed by atoms with Gasteiger partial charge in [0.1, 0.15) is 11.8 Å². The van der Waals surface area contributed by atoms with Crippen LogP contribution in [0.15, 0.2) is 40.9 Å². The number of nitrogens with one attached hydrogen (secondary N) is 2. The Labute approximate surface area is 105 Å². The normalized spacial score (nSPS) is 11.4. The highest BCUT2D eigenvalue weighted by molar-refractivity contribution is 7.89. The van der Waals surface area contributed by atoms with Crippen molar-refractivity contribution in [3.8, 4) is 12.1 Å². The van der Waals surface area contributed by atoms with E-state index in [1.807, 2.05) is 11.8 Å². The minimum Gasteiger partial charge on any atom is -0.298 e. The van der Waals surface area contributed by atoms with Gasteiger partial charge in [0.2, 0.25) is 0 Å². The number of aryl methyl sites for hydroxylation is 1. The van der Waals surface area contributed by atoms with Gasteiger partial charge in [-0.1, -0.05) is 17.7 Å². The molecule has 0 bridgehead atoms. The SMILES string of the molecule is Cc1ccc(S(=O)(=O)NN/C(C#N)=C/C#N)cc1. The Balaban J connectivity index is 2.85. The third-order valence-electron chi connectivity index (χ3n) is 1.98. The molecule has 0 amide bonds. The quantitative estimate of drug-likeness (QED) is 0.614. The Morgan fingerprint density at radius 2 is 1.89 bits per heavy atom. The summed E-state index contributed by atoms with van der Waals surface area (Å²) in [6.45, 7) is 1.84. The van der Waals surface area contributed by atoms with Gasteiger partial charge in [-0.15, -0.1) is 4.83 Å². The molecule has 1 aromatic carbocycles. The second-order valence-corrected chi connectivity index (χ2v) is 5.02. The number of allylic oxidation sites excluding steroid dienone is 2. The lowest BCUT2D eigenvalue weighted by molar-refractivity contribution is 0.572. The molecule has 0 saturated carbocycles. The zero-order valence-corrected chi connectivity index (χ0v) is 10.3. The van der Waals surface area contributed by atoms with Gasteiger partial charge in [-0.05, 0) is 19.1 Å². The molecule has 1 rings (SSSR count). The molecule has 0 aromatic heterocycles. The third-order valence-corrected chi connectivity index (χ3v) is 3.24. The summed E-state index contributed by atoms with van der Waals surface area (Å²) in [7, 11) is -3.76. The third kappa shape index (κ3) is 3.59. The standard InChI is InChI=1S/C11H10N4O2S/c1-9-2-4-11(5-3-9)18(16,17)15-14-10(8-13)6-7-12/h2-6,14-15H,1H3/b10-6+. The van der Waals surface area contributed by atoms with Crippen LogP contribution in [0.3, 0.4) is 0 Å². The average Bonchev–Trinajstić information content (AvgIpc) is 2.35. The second kappa shape index (κ2) is 5.82. The predicted octanol–water partition coefficient (Wildman–Crippen LogP) is 0.709. The summed E-state index contributed by atoms with van der Waals surface area (Å²) in [6, 6.07) is 9.46. The Morgan fingerprint density at radius 1 is 1.28 bits per heavy atom. The second-order valence-electron chi connectivity index (χ2n) is 3.34. The fraction of sp³-hybridized carbons (Fsp3) is 0.0909. The van der Waals surface area contributed by atoms with Crippen molar-refractivity contribution < 1.29 is 8.42 Å². The lowest BCUT2D eigenvalue weighted by atomic mass is 10.2. The van der Waals surface area contributed by atoms with Gasteiger partial charge in [0.25, 0.3) is 10.0 Å². The van der Waals surface area contributed by atoms with Gasteiger partial charge in [0.05, 0.1) is 17.0 Å². The van der Waals surface area contributed by atoms with E-state index in [2.05, 4.69) is 5.43 Å². The topological polar surface area (TPSA) is 106 Å². The van der Waals surface area contributed by atoms with Gasteiger partial charge in [0, 0.05) is 0 Å². The van der Waals surface area contributed by atoms with Crippen molar-refractivity contribution in [1.82, 2.24) is 10.3 Å². The first kappa shape index (κ1) is 13.7. The molecule has 0 fully saturated rings. The van der Waals surface area contributed by atoms with Crippen molar-refractivity contribution >= 4 is 10.0 Å². The van der Waals surface area contributed by atoms with E-state index in [0.717, 1.165) is 11.6 Å². The van der Waals surface area contributed by atoms with Gasteiger partial charge in [0.15, 0.2) is 0 Å². The number of sulfonamides is 1. The Morgan fingerprint density at radius 3 is 2.39 bits per heavy atom. The number of hydrogen-bond acceptors (Lipinski definition) is 5.